The summed E-state index contributed by atoms with van der Waals surface area (Å²) in [6.07, 6.45) is 1.75. The Bertz CT molecular complexity index is 777. The minimum atomic E-state index is -0.469. The molecule has 1 aliphatic heterocycles. The molecule has 23 heavy (non-hydrogen) atoms. The Hall–Kier alpha value is -2.59. The number of hydrogen-bond donors (Lipinski definition) is 0. The van der Waals surface area contributed by atoms with E-state index >= 15 is 0 Å². The minimum absolute atomic E-state index is 0.413. The van der Waals surface area contributed by atoms with Gasteiger partial charge in [-0.15, -0.1) is 0 Å². The number of ether oxygens (including phenoxy) is 1. The molecular formula is C18H14ClNO3. The van der Waals surface area contributed by atoms with Crippen molar-refractivity contribution in [2.45, 2.75) is 6.92 Å². The Balaban J connectivity index is 1.91. The van der Waals surface area contributed by atoms with Crippen molar-refractivity contribution in [2.24, 2.45) is 5.16 Å². The molecule has 5 heteroatoms. The standard InChI is InChI=1S/C18H14ClNO3/c1-2-22-15-9-3-12(4-10-15)11-16-17(20-23-18(16)21)13-5-7-14(19)8-6-13/h3-11H,2H2,1H3. The summed E-state index contributed by atoms with van der Waals surface area (Å²) in [4.78, 5) is 16.8. The van der Waals surface area contributed by atoms with Crippen LogP contribution in [-0.4, -0.2) is 18.3 Å². The summed E-state index contributed by atoms with van der Waals surface area (Å²) < 4.78 is 5.41. The molecule has 0 fully saturated rings. The molecule has 0 amide bonds. The Labute approximate surface area is 139 Å². The average molecular weight is 328 g/mol. The maximum absolute atomic E-state index is 11.9. The summed E-state index contributed by atoms with van der Waals surface area (Å²) in [5.41, 5.74) is 2.55. The van der Waals surface area contributed by atoms with E-state index in [4.69, 9.17) is 21.2 Å². The zero-order chi connectivity index (χ0) is 16.2. The molecule has 4 nitrogen and oxygen atoms in total. The summed E-state index contributed by atoms with van der Waals surface area (Å²) >= 11 is 5.89. The van der Waals surface area contributed by atoms with E-state index in [1.807, 2.05) is 31.2 Å². The lowest BCUT2D eigenvalue weighted by Crippen LogP contribution is -2.06. The molecule has 116 valence electrons. The predicted octanol–water partition coefficient (Wildman–Crippen LogP) is 4.08. The van der Waals surface area contributed by atoms with Crippen LogP contribution in [0, 0.1) is 0 Å². The van der Waals surface area contributed by atoms with E-state index in [0.29, 0.717) is 22.9 Å². The van der Waals surface area contributed by atoms with Gasteiger partial charge in [-0.3, -0.25) is 0 Å². The van der Waals surface area contributed by atoms with E-state index in [1.165, 1.54) is 0 Å². The highest BCUT2D eigenvalue weighted by Gasteiger charge is 2.26. The van der Waals surface area contributed by atoms with Crippen LogP contribution in [0.15, 0.2) is 59.3 Å². The van der Waals surface area contributed by atoms with Gasteiger partial charge in [0.05, 0.1) is 12.2 Å². The van der Waals surface area contributed by atoms with Crippen LogP contribution in [0.1, 0.15) is 18.1 Å². The lowest BCUT2D eigenvalue weighted by atomic mass is 10.0. The first-order chi connectivity index (χ1) is 11.2. The van der Waals surface area contributed by atoms with Gasteiger partial charge in [0, 0.05) is 10.6 Å². The fourth-order valence-corrected chi connectivity index (χ4v) is 2.34. The molecule has 0 N–H and O–H groups in total. The monoisotopic (exact) mass is 327 g/mol. The number of carbonyl (C=O) groups is 1. The molecule has 0 bridgehead atoms. The predicted molar refractivity (Wildman–Crippen MR) is 89.7 cm³/mol. The first-order valence-electron chi connectivity index (χ1n) is 7.17. The van der Waals surface area contributed by atoms with E-state index in [2.05, 4.69) is 5.16 Å². The molecule has 3 rings (SSSR count). The molecule has 0 unspecified atom stereocenters. The lowest BCUT2D eigenvalue weighted by Gasteiger charge is -2.04. The quantitative estimate of drug-likeness (QED) is 0.628. The van der Waals surface area contributed by atoms with E-state index in [1.54, 1.807) is 30.3 Å². The van der Waals surface area contributed by atoms with Crippen molar-refractivity contribution < 1.29 is 14.4 Å². The van der Waals surface area contributed by atoms with Crippen LogP contribution in [0.25, 0.3) is 6.08 Å². The molecule has 1 heterocycles. The topological polar surface area (TPSA) is 47.9 Å². The van der Waals surface area contributed by atoms with Crippen LogP contribution in [0.5, 0.6) is 5.75 Å². The van der Waals surface area contributed by atoms with Crippen LogP contribution < -0.4 is 4.74 Å². The number of rotatable bonds is 4. The summed E-state index contributed by atoms with van der Waals surface area (Å²) in [6.45, 7) is 2.54. The van der Waals surface area contributed by atoms with Crippen molar-refractivity contribution in [3.05, 3.63) is 70.3 Å². The van der Waals surface area contributed by atoms with Crippen molar-refractivity contribution >= 4 is 29.4 Å². The van der Waals surface area contributed by atoms with E-state index in [0.717, 1.165) is 16.9 Å². The number of carbonyl (C=O) groups excluding carboxylic acids is 1. The molecule has 0 radical (unpaired) electrons. The molecule has 0 saturated carbocycles. The van der Waals surface area contributed by atoms with Gasteiger partial charge in [0.1, 0.15) is 11.5 Å². The van der Waals surface area contributed by atoms with Gasteiger partial charge in [-0.1, -0.05) is 41.0 Å². The van der Waals surface area contributed by atoms with Gasteiger partial charge in [-0.2, -0.15) is 0 Å². The van der Waals surface area contributed by atoms with Crippen molar-refractivity contribution in [3.63, 3.8) is 0 Å². The third kappa shape index (κ3) is 3.43. The molecule has 2 aromatic carbocycles. The van der Waals surface area contributed by atoms with Crippen LogP contribution in [0.3, 0.4) is 0 Å². The summed E-state index contributed by atoms with van der Waals surface area (Å²) in [7, 11) is 0. The Kier molecular flexibility index (Phi) is 4.44. The van der Waals surface area contributed by atoms with E-state index in [9.17, 15) is 4.79 Å². The number of oxime groups is 1. The van der Waals surface area contributed by atoms with Crippen LogP contribution in [-0.2, 0) is 9.63 Å². The van der Waals surface area contributed by atoms with Gasteiger partial charge in [0.25, 0.3) is 0 Å². The first-order valence-corrected chi connectivity index (χ1v) is 7.55. The fourth-order valence-electron chi connectivity index (χ4n) is 2.22. The van der Waals surface area contributed by atoms with Crippen molar-refractivity contribution in [3.8, 4) is 5.75 Å². The second kappa shape index (κ2) is 6.67. The Morgan fingerprint density at radius 2 is 1.83 bits per heavy atom. The van der Waals surface area contributed by atoms with Crippen LogP contribution in [0.4, 0.5) is 0 Å². The Morgan fingerprint density at radius 3 is 2.48 bits per heavy atom. The van der Waals surface area contributed by atoms with Crippen molar-refractivity contribution in [1.29, 1.82) is 0 Å². The number of halogens is 1. The molecule has 0 atom stereocenters. The van der Waals surface area contributed by atoms with Gasteiger partial charge in [0.15, 0.2) is 0 Å². The smallest absolute Gasteiger partial charge is 0.368 e. The van der Waals surface area contributed by atoms with Crippen LogP contribution >= 0.6 is 11.6 Å². The third-order valence-corrected chi connectivity index (χ3v) is 3.57. The van der Waals surface area contributed by atoms with Gasteiger partial charge in [-0.25, -0.2) is 4.79 Å². The molecule has 0 saturated heterocycles. The molecule has 1 aliphatic rings. The maximum Gasteiger partial charge on any atom is 0.368 e. The minimum Gasteiger partial charge on any atom is -0.494 e. The summed E-state index contributed by atoms with van der Waals surface area (Å²) in [5, 5.41) is 4.49. The second-order valence-electron chi connectivity index (χ2n) is 4.89. The molecule has 0 aliphatic carbocycles. The SMILES string of the molecule is CCOc1ccc(C=C2C(=O)ON=C2c2ccc(Cl)cc2)cc1. The van der Waals surface area contributed by atoms with Crippen molar-refractivity contribution in [1.82, 2.24) is 0 Å². The highest BCUT2D eigenvalue weighted by Crippen LogP contribution is 2.23. The molecule has 2 aromatic rings. The second-order valence-corrected chi connectivity index (χ2v) is 5.32. The number of benzene rings is 2. The zero-order valence-corrected chi connectivity index (χ0v) is 13.2. The first kappa shape index (κ1) is 15.3. The summed E-state index contributed by atoms with van der Waals surface area (Å²) in [5.74, 6) is 0.319. The van der Waals surface area contributed by atoms with Crippen LogP contribution in [0.2, 0.25) is 5.02 Å². The van der Waals surface area contributed by atoms with Gasteiger partial charge < -0.3 is 9.57 Å². The van der Waals surface area contributed by atoms with E-state index in [-0.39, 0.29) is 0 Å². The maximum atomic E-state index is 11.9. The van der Waals surface area contributed by atoms with E-state index < -0.39 is 5.97 Å². The fraction of sp³-hybridized carbons (Fsp3) is 0.111. The highest BCUT2D eigenvalue weighted by atomic mass is 35.5. The summed E-state index contributed by atoms with van der Waals surface area (Å²) in [6, 6.07) is 14.6. The third-order valence-electron chi connectivity index (χ3n) is 3.31. The molecular weight excluding hydrogens is 314 g/mol. The van der Waals surface area contributed by atoms with Crippen molar-refractivity contribution in [2.75, 3.05) is 6.61 Å². The zero-order valence-electron chi connectivity index (χ0n) is 12.5. The highest BCUT2D eigenvalue weighted by molar-refractivity contribution is 6.32. The lowest BCUT2D eigenvalue weighted by molar-refractivity contribution is -0.136. The average Bonchev–Trinajstić information content (AvgIpc) is 2.91. The van der Waals surface area contributed by atoms with Gasteiger partial charge in [0.2, 0.25) is 0 Å². The normalized spacial score (nSPS) is 15.5. The number of nitrogens with zero attached hydrogens (tertiary/aromatic N) is 1. The molecule has 0 spiro atoms. The number of hydrogen-bond acceptors (Lipinski definition) is 4. The Morgan fingerprint density at radius 1 is 1.13 bits per heavy atom. The molecule has 0 aromatic heterocycles. The largest absolute Gasteiger partial charge is 0.494 e. The van der Waals surface area contributed by atoms with Gasteiger partial charge in [-0.05, 0) is 42.8 Å². The van der Waals surface area contributed by atoms with Gasteiger partial charge >= 0.3 is 5.97 Å².